The number of alkyl halides is 2. The largest absolute Gasteiger partial charge is 0.435 e. The lowest BCUT2D eigenvalue weighted by Crippen LogP contribution is -2.01. The average molecular weight is 297 g/mol. The highest BCUT2D eigenvalue weighted by Crippen LogP contribution is 2.27. The predicted molar refractivity (Wildman–Crippen MR) is 67.3 cm³/mol. The minimum absolute atomic E-state index is 0.0518. The number of nitrogens with zero attached hydrogens (tertiary/aromatic N) is 3. The maximum Gasteiger partial charge on any atom is 0.387 e. The molecule has 5 nitrogen and oxygen atoms in total. The molecule has 20 heavy (non-hydrogen) atoms. The number of rotatable bonds is 5. The van der Waals surface area contributed by atoms with Crippen LogP contribution in [-0.2, 0) is 0 Å². The Hall–Kier alpha value is -2.14. The molecule has 0 unspecified atom stereocenters. The summed E-state index contributed by atoms with van der Waals surface area (Å²) < 4.78 is 33.6. The molecule has 0 aliphatic heterocycles. The van der Waals surface area contributed by atoms with Gasteiger partial charge in [0.2, 0.25) is 5.89 Å². The van der Waals surface area contributed by atoms with Gasteiger partial charge in [-0.25, -0.2) is 0 Å². The topological polar surface area (TPSA) is 71.9 Å². The Morgan fingerprint density at radius 1 is 1.30 bits per heavy atom. The van der Waals surface area contributed by atoms with Crippen molar-refractivity contribution < 1.29 is 17.9 Å². The van der Waals surface area contributed by atoms with Crippen molar-refractivity contribution in [3.8, 4) is 23.3 Å². The zero-order chi connectivity index (χ0) is 14.5. The summed E-state index contributed by atoms with van der Waals surface area (Å²) in [5, 5.41) is 16.3. The van der Waals surface area contributed by atoms with E-state index >= 15 is 0 Å². The van der Waals surface area contributed by atoms with E-state index in [4.69, 9.17) is 9.68 Å². The summed E-state index contributed by atoms with van der Waals surface area (Å²) in [6.07, 6.45) is 0. The second-order valence-electron chi connectivity index (χ2n) is 3.67. The summed E-state index contributed by atoms with van der Waals surface area (Å²) in [5.41, 5.74) is 0.579. The molecule has 0 saturated heterocycles. The standard InChI is InChI=1S/C12H9F2N3O2S/c1-7(6-15)20-12-17-16-10(19-12)8-2-4-9(5-3-8)18-11(13)14/h2-5,7,11H,1H3/t7-/m0/s1. The van der Waals surface area contributed by atoms with Gasteiger partial charge >= 0.3 is 6.61 Å². The van der Waals surface area contributed by atoms with Crippen LogP contribution in [0.1, 0.15) is 6.92 Å². The highest BCUT2D eigenvalue weighted by Gasteiger charge is 2.12. The van der Waals surface area contributed by atoms with E-state index in [-0.39, 0.29) is 22.1 Å². The number of nitriles is 1. The zero-order valence-electron chi connectivity index (χ0n) is 10.3. The van der Waals surface area contributed by atoms with Crippen LogP contribution < -0.4 is 4.74 Å². The molecule has 0 spiro atoms. The lowest BCUT2D eigenvalue weighted by molar-refractivity contribution is -0.0498. The minimum Gasteiger partial charge on any atom is -0.435 e. The Bertz CT molecular complexity index is 610. The first-order valence-corrected chi connectivity index (χ1v) is 6.41. The first-order valence-electron chi connectivity index (χ1n) is 5.53. The van der Waals surface area contributed by atoms with Crippen molar-refractivity contribution >= 4 is 11.8 Å². The zero-order valence-corrected chi connectivity index (χ0v) is 11.1. The van der Waals surface area contributed by atoms with Crippen molar-refractivity contribution in [3.63, 3.8) is 0 Å². The van der Waals surface area contributed by atoms with Gasteiger partial charge in [-0.2, -0.15) is 14.0 Å². The van der Waals surface area contributed by atoms with E-state index in [1.165, 1.54) is 24.3 Å². The van der Waals surface area contributed by atoms with Crippen LogP contribution >= 0.6 is 11.8 Å². The number of thioether (sulfide) groups is 1. The molecule has 2 aromatic rings. The van der Waals surface area contributed by atoms with Crippen molar-refractivity contribution in [1.82, 2.24) is 10.2 Å². The van der Waals surface area contributed by atoms with Crippen molar-refractivity contribution in [1.29, 1.82) is 5.26 Å². The van der Waals surface area contributed by atoms with Crippen molar-refractivity contribution in [2.24, 2.45) is 0 Å². The van der Waals surface area contributed by atoms with Crippen LogP contribution in [-0.4, -0.2) is 22.1 Å². The lowest BCUT2D eigenvalue weighted by Gasteiger charge is -2.03. The average Bonchev–Trinajstić information content (AvgIpc) is 2.87. The van der Waals surface area contributed by atoms with E-state index in [1.54, 1.807) is 6.92 Å². The van der Waals surface area contributed by atoms with Gasteiger partial charge in [0.1, 0.15) is 5.75 Å². The summed E-state index contributed by atoms with van der Waals surface area (Å²) in [6.45, 7) is -1.15. The lowest BCUT2D eigenvalue weighted by atomic mass is 10.2. The first kappa shape index (κ1) is 14.3. The first-order chi connectivity index (χ1) is 9.58. The molecular formula is C12H9F2N3O2S. The van der Waals surface area contributed by atoms with Gasteiger partial charge in [-0.1, -0.05) is 0 Å². The molecule has 1 aromatic heterocycles. The van der Waals surface area contributed by atoms with Crippen LogP contribution in [0, 0.1) is 11.3 Å². The molecule has 1 atom stereocenters. The molecule has 104 valence electrons. The molecule has 0 fully saturated rings. The number of halogens is 2. The third kappa shape index (κ3) is 3.68. The molecule has 0 radical (unpaired) electrons. The van der Waals surface area contributed by atoms with Crippen molar-refractivity contribution in [2.45, 2.75) is 24.0 Å². The third-order valence-electron chi connectivity index (χ3n) is 2.19. The van der Waals surface area contributed by atoms with Crippen LogP contribution in [0.5, 0.6) is 5.75 Å². The summed E-state index contributed by atoms with van der Waals surface area (Å²) in [7, 11) is 0. The molecule has 0 aliphatic carbocycles. The highest BCUT2D eigenvalue weighted by atomic mass is 32.2. The molecule has 0 saturated carbocycles. The Kier molecular flexibility index (Phi) is 4.53. The van der Waals surface area contributed by atoms with Crippen LogP contribution in [0.3, 0.4) is 0 Å². The molecule has 2 rings (SSSR count). The fraction of sp³-hybridized carbons (Fsp3) is 0.250. The molecule has 1 heterocycles. The SMILES string of the molecule is C[C@@H](C#N)Sc1nnc(-c2ccc(OC(F)F)cc2)o1. The summed E-state index contributed by atoms with van der Waals surface area (Å²) in [5.74, 6) is 0.303. The van der Waals surface area contributed by atoms with E-state index < -0.39 is 6.61 Å². The maximum atomic E-state index is 12.0. The predicted octanol–water partition coefficient (Wildman–Crippen LogP) is 3.34. The van der Waals surface area contributed by atoms with Crippen LogP contribution in [0.15, 0.2) is 33.9 Å². The Morgan fingerprint density at radius 2 is 2.00 bits per heavy atom. The van der Waals surface area contributed by atoms with Gasteiger partial charge in [-0.05, 0) is 43.0 Å². The van der Waals surface area contributed by atoms with Crippen LogP contribution in [0.25, 0.3) is 11.5 Å². The minimum atomic E-state index is -2.86. The number of aromatic nitrogens is 2. The molecule has 0 N–H and O–H groups in total. The Morgan fingerprint density at radius 3 is 2.60 bits per heavy atom. The quantitative estimate of drug-likeness (QED) is 0.788. The smallest absolute Gasteiger partial charge is 0.387 e. The normalized spacial score (nSPS) is 12.2. The molecule has 8 heteroatoms. The van der Waals surface area contributed by atoms with Crippen LogP contribution in [0.2, 0.25) is 0 Å². The molecule has 0 aliphatic rings. The van der Waals surface area contributed by atoms with Gasteiger partial charge in [0.25, 0.3) is 5.22 Å². The van der Waals surface area contributed by atoms with Gasteiger partial charge in [0.05, 0.1) is 11.3 Å². The molecule has 0 amide bonds. The van der Waals surface area contributed by atoms with E-state index in [2.05, 4.69) is 14.9 Å². The van der Waals surface area contributed by atoms with Crippen molar-refractivity contribution in [3.05, 3.63) is 24.3 Å². The van der Waals surface area contributed by atoms with E-state index in [0.717, 1.165) is 11.8 Å². The van der Waals surface area contributed by atoms with Gasteiger partial charge in [-0.15, -0.1) is 10.2 Å². The summed E-state index contributed by atoms with van der Waals surface area (Å²) in [4.78, 5) is 0. The fourth-order valence-electron chi connectivity index (χ4n) is 1.33. The van der Waals surface area contributed by atoms with Gasteiger partial charge in [0, 0.05) is 5.56 Å². The fourth-order valence-corrected chi connectivity index (χ4v) is 1.90. The monoisotopic (exact) mass is 297 g/mol. The van der Waals surface area contributed by atoms with Gasteiger partial charge in [-0.3, -0.25) is 0 Å². The molecule has 0 bridgehead atoms. The number of ether oxygens (including phenoxy) is 1. The maximum absolute atomic E-state index is 12.0. The summed E-state index contributed by atoms with van der Waals surface area (Å²) >= 11 is 1.15. The molecule has 1 aromatic carbocycles. The van der Waals surface area contributed by atoms with Gasteiger partial charge < -0.3 is 9.15 Å². The van der Waals surface area contributed by atoms with Gasteiger partial charge in [0.15, 0.2) is 0 Å². The highest BCUT2D eigenvalue weighted by molar-refractivity contribution is 7.99. The third-order valence-corrected chi connectivity index (χ3v) is 3.02. The van der Waals surface area contributed by atoms with E-state index in [9.17, 15) is 8.78 Å². The number of hydrogen-bond donors (Lipinski definition) is 0. The van der Waals surface area contributed by atoms with Crippen molar-refractivity contribution in [2.75, 3.05) is 0 Å². The summed E-state index contributed by atoms with van der Waals surface area (Å²) in [6, 6.07) is 7.88. The van der Waals surface area contributed by atoms with E-state index in [0.29, 0.717) is 5.56 Å². The second kappa shape index (κ2) is 6.34. The Labute approximate surface area is 117 Å². The Balaban J connectivity index is 2.10. The second-order valence-corrected chi connectivity index (χ2v) is 4.96. The van der Waals surface area contributed by atoms with Crippen LogP contribution in [0.4, 0.5) is 8.78 Å². The number of hydrogen-bond acceptors (Lipinski definition) is 6. The molecular weight excluding hydrogens is 288 g/mol. The van der Waals surface area contributed by atoms with E-state index in [1.807, 2.05) is 6.07 Å². The number of benzene rings is 1.